The number of hydrogen-bond donors (Lipinski definition) is 2. The van der Waals surface area contributed by atoms with Crippen LogP contribution in [-0.2, 0) is 11.2 Å². The molecular weight excluding hydrogens is 464 g/mol. The van der Waals surface area contributed by atoms with Crippen LogP contribution in [0.1, 0.15) is 21.5 Å². The lowest BCUT2D eigenvalue weighted by Gasteiger charge is -2.14. The maximum Gasteiger partial charge on any atom is 0.335 e. The van der Waals surface area contributed by atoms with Crippen molar-refractivity contribution in [1.29, 1.82) is 0 Å². The Bertz CT molecular complexity index is 1450. The summed E-state index contributed by atoms with van der Waals surface area (Å²) in [6.07, 6.45) is 4.41. The Morgan fingerprint density at radius 1 is 1.03 bits per heavy atom. The number of fused-ring (bicyclic) bond motifs is 1. The van der Waals surface area contributed by atoms with Crippen LogP contribution in [0.5, 0.6) is 0 Å². The first kappa shape index (κ1) is 22.1. The third kappa shape index (κ3) is 4.53. The average molecular weight is 485 g/mol. The summed E-state index contributed by atoms with van der Waals surface area (Å²) in [5.41, 5.74) is 5.40. The molecule has 5 nitrogen and oxygen atoms in total. The van der Waals surface area contributed by atoms with Crippen molar-refractivity contribution >= 4 is 57.2 Å². The summed E-state index contributed by atoms with van der Waals surface area (Å²) in [4.78, 5) is 29.5. The Morgan fingerprint density at radius 3 is 2.62 bits per heavy atom. The fourth-order valence-electron chi connectivity index (χ4n) is 3.93. The highest BCUT2D eigenvalue weighted by atomic mass is 32.2. The molecule has 0 aliphatic carbocycles. The summed E-state index contributed by atoms with van der Waals surface area (Å²) < 4.78 is 0.534. The van der Waals surface area contributed by atoms with Crippen molar-refractivity contribution in [2.45, 2.75) is 6.42 Å². The highest BCUT2D eigenvalue weighted by Crippen LogP contribution is 2.33. The van der Waals surface area contributed by atoms with Gasteiger partial charge < -0.3 is 10.1 Å². The van der Waals surface area contributed by atoms with E-state index in [2.05, 4.69) is 35.3 Å². The van der Waals surface area contributed by atoms with Crippen LogP contribution < -0.4 is 0 Å². The Balaban J connectivity index is 1.31. The van der Waals surface area contributed by atoms with E-state index in [0.29, 0.717) is 22.2 Å². The highest BCUT2D eigenvalue weighted by Gasteiger charge is 2.31. The lowest BCUT2D eigenvalue weighted by Crippen LogP contribution is -2.30. The number of H-pyrrole nitrogens is 1. The molecule has 1 saturated heterocycles. The van der Waals surface area contributed by atoms with Gasteiger partial charge in [0.15, 0.2) is 0 Å². The number of nitrogens with zero attached hydrogens (tertiary/aromatic N) is 1. The molecule has 5 rings (SSSR count). The molecule has 1 amide bonds. The number of thioether (sulfide) groups is 1. The van der Waals surface area contributed by atoms with Crippen LogP contribution in [0.2, 0.25) is 0 Å². The molecule has 0 spiro atoms. The number of carboxylic acid groups (broad SMARTS) is 1. The van der Waals surface area contributed by atoms with E-state index >= 15 is 0 Å². The number of aromatic nitrogens is 1. The van der Waals surface area contributed by atoms with E-state index in [-0.39, 0.29) is 11.5 Å². The second kappa shape index (κ2) is 9.29. The Hall–Kier alpha value is -3.68. The zero-order valence-corrected chi connectivity index (χ0v) is 19.7. The van der Waals surface area contributed by atoms with Crippen LogP contribution >= 0.6 is 24.0 Å². The van der Waals surface area contributed by atoms with Crippen LogP contribution in [0.3, 0.4) is 0 Å². The normalized spacial score (nSPS) is 14.9. The molecule has 168 valence electrons. The topological polar surface area (TPSA) is 73.4 Å². The van der Waals surface area contributed by atoms with Gasteiger partial charge in [0.05, 0.1) is 10.5 Å². The van der Waals surface area contributed by atoms with Crippen molar-refractivity contribution in [2.75, 3.05) is 6.54 Å². The first-order valence-electron chi connectivity index (χ1n) is 10.7. The van der Waals surface area contributed by atoms with Gasteiger partial charge in [-0.05, 0) is 70.5 Å². The molecule has 1 aromatic heterocycles. The number of benzene rings is 3. The van der Waals surface area contributed by atoms with Crippen LogP contribution in [0.15, 0.2) is 83.9 Å². The Labute approximate surface area is 206 Å². The number of carboxylic acids is 1. The summed E-state index contributed by atoms with van der Waals surface area (Å²) in [7, 11) is 0. The summed E-state index contributed by atoms with van der Waals surface area (Å²) >= 11 is 6.78. The summed E-state index contributed by atoms with van der Waals surface area (Å²) in [5.74, 6) is -1.06. The molecular formula is C27H20N2O3S2. The Morgan fingerprint density at radius 2 is 1.82 bits per heavy atom. The Kier molecular flexibility index (Phi) is 6.04. The first-order chi connectivity index (χ1) is 16.5. The van der Waals surface area contributed by atoms with Crippen molar-refractivity contribution in [1.82, 2.24) is 9.88 Å². The molecule has 3 aromatic carbocycles. The fraction of sp³-hybridized carbons (Fsp3) is 0.0741. The van der Waals surface area contributed by atoms with E-state index in [1.807, 2.05) is 30.5 Å². The molecule has 0 saturated carbocycles. The standard InChI is InChI=1S/C27H20N2O3S2/c30-25-24(34-27(33)29(25)13-11-17-4-6-20(7-5-17)26(31)32)15-18-2-1-3-21(14-18)22-9-8-19-10-12-28-23(19)16-22/h1-10,12,14-16,28H,11,13H2,(H,31,32)/b24-15-. The first-order valence-corrected chi connectivity index (χ1v) is 12.0. The van der Waals surface area contributed by atoms with Crippen molar-refractivity contribution in [3.05, 3.63) is 101 Å². The van der Waals surface area contributed by atoms with Crippen LogP contribution in [0.25, 0.3) is 28.1 Å². The molecule has 1 aliphatic heterocycles. The monoisotopic (exact) mass is 484 g/mol. The minimum atomic E-state index is -0.956. The van der Waals surface area contributed by atoms with Crippen molar-refractivity contribution < 1.29 is 14.7 Å². The number of nitrogens with one attached hydrogen (secondary N) is 1. The second-order valence-electron chi connectivity index (χ2n) is 7.99. The lowest BCUT2D eigenvalue weighted by atomic mass is 10.0. The van der Waals surface area contributed by atoms with E-state index in [9.17, 15) is 9.59 Å². The van der Waals surface area contributed by atoms with E-state index in [1.165, 1.54) is 17.1 Å². The van der Waals surface area contributed by atoms with Gasteiger partial charge >= 0.3 is 5.97 Å². The van der Waals surface area contributed by atoms with Gasteiger partial charge in [-0.15, -0.1) is 0 Å². The molecule has 34 heavy (non-hydrogen) atoms. The van der Waals surface area contributed by atoms with Crippen molar-refractivity contribution in [3.63, 3.8) is 0 Å². The minimum absolute atomic E-state index is 0.102. The van der Waals surface area contributed by atoms with Crippen LogP contribution in [-0.4, -0.2) is 37.7 Å². The van der Waals surface area contributed by atoms with Crippen LogP contribution in [0.4, 0.5) is 0 Å². The molecule has 7 heteroatoms. The van der Waals surface area contributed by atoms with Gasteiger partial charge in [-0.25, -0.2) is 4.79 Å². The molecule has 0 radical (unpaired) electrons. The number of carbonyl (C=O) groups is 2. The fourth-order valence-corrected chi connectivity index (χ4v) is 5.24. The molecule has 4 aromatic rings. The predicted octanol–water partition coefficient (Wildman–Crippen LogP) is 5.98. The third-order valence-electron chi connectivity index (χ3n) is 5.77. The van der Waals surface area contributed by atoms with Crippen molar-refractivity contribution in [3.8, 4) is 11.1 Å². The maximum absolute atomic E-state index is 13.0. The van der Waals surface area contributed by atoms with Gasteiger partial charge in [0, 0.05) is 18.3 Å². The summed E-state index contributed by atoms with van der Waals surface area (Å²) in [6.45, 7) is 0.449. The molecule has 1 fully saturated rings. The summed E-state index contributed by atoms with van der Waals surface area (Å²) in [5, 5.41) is 10.2. The zero-order chi connectivity index (χ0) is 23.7. The van der Waals surface area contributed by atoms with Crippen LogP contribution in [0, 0.1) is 0 Å². The van der Waals surface area contributed by atoms with Gasteiger partial charge in [0.1, 0.15) is 4.32 Å². The number of carbonyl (C=O) groups excluding carboxylic acids is 1. The number of aromatic amines is 1. The van der Waals surface area contributed by atoms with Gasteiger partial charge in [-0.1, -0.05) is 66.4 Å². The second-order valence-corrected chi connectivity index (χ2v) is 9.67. The predicted molar refractivity (Wildman–Crippen MR) is 141 cm³/mol. The van der Waals surface area contributed by atoms with E-state index < -0.39 is 5.97 Å². The highest BCUT2D eigenvalue weighted by molar-refractivity contribution is 8.26. The average Bonchev–Trinajstić information content (AvgIpc) is 3.41. The SMILES string of the molecule is O=C(O)c1ccc(CCN2C(=O)/C(=C/c3cccc(-c4ccc5cc[nH]c5c4)c3)SC2=S)cc1. The van der Waals surface area contributed by atoms with Crippen molar-refractivity contribution in [2.24, 2.45) is 0 Å². The zero-order valence-electron chi connectivity index (χ0n) is 18.0. The van der Waals surface area contributed by atoms with Gasteiger partial charge in [0.2, 0.25) is 0 Å². The van der Waals surface area contributed by atoms with Gasteiger partial charge in [-0.3, -0.25) is 9.69 Å². The lowest BCUT2D eigenvalue weighted by molar-refractivity contribution is -0.122. The molecule has 0 unspecified atom stereocenters. The van der Waals surface area contributed by atoms with E-state index in [4.69, 9.17) is 17.3 Å². The molecule has 2 N–H and O–H groups in total. The van der Waals surface area contributed by atoms with Gasteiger partial charge in [-0.2, -0.15) is 0 Å². The molecule has 2 heterocycles. The number of hydrogen-bond acceptors (Lipinski definition) is 4. The van der Waals surface area contributed by atoms with E-state index in [0.717, 1.165) is 27.8 Å². The number of aromatic carboxylic acids is 1. The maximum atomic E-state index is 13.0. The minimum Gasteiger partial charge on any atom is -0.478 e. The molecule has 0 atom stereocenters. The molecule has 1 aliphatic rings. The smallest absolute Gasteiger partial charge is 0.335 e. The van der Waals surface area contributed by atoms with Gasteiger partial charge in [0.25, 0.3) is 5.91 Å². The third-order valence-corrected chi connectivity index (χ3v) is 7.15. The van der Waals surface area contributed by atoms with E-state index in [1.54, 1.807) is 29.2 Å². The number of amides is 1. The number of rotatable bonds is 6. The molecule has 0 bridgehead atoms. The summed E-state index contributed by atoms with van der Waals surface area (Å²) in [6, 6.07) is 23.1. The number of thiocarbonyl (C=S) groups is 1. The quantitative estimate of drug-likeness (QED) is 0.260. The largest absolute Gasteiger partial charge is 0.478 e.